The van der Waals surface area contributed by atoms with Crippen LogP contribution in [0.4, 0.5) is 20.2 Å². The van der Waals surface area contributed by atoms with Crippen molar-refractivity contribution in [2.24, 2.45) is 0 Å². The summed E-state index contributed by atoms with van der Waals surface area (Å²) in [5.41, 5.74) is 0.614. The number of hydrogen-bond acceptors (Lipinski definition) is 3. The number of halogens is 3. The maximum atomic E-state index is 12.5. The van der Waals surface area contributed by atoms with E-state index in [1.807, 2.05) is 0 Å². The minimum absolute atomic E-state index is 0.00338. The first-order valence-electron chi connectivity index (χ1n) is 5.71. The van der Waals surface area contributed by atoms with Gasteiger partial charge in [-0.3, -0.25) is 10.1 Å². The first-order valence-corrected chi connectivity index (χ1v) is 6.50. The fourth-order valence-electron chi connectivity index (χ4n) is 2.11. The SMILES string of the molecule is O=[N+]([O-])c1ccc(Br)cc1N1CCC(=C(F)F)CC1. The summed E-state index contributed by atoms with van der Waals surface area (Å²) in [6.07, 6.45) is -1.14. The predicted octanol–water partition coefficient (Wildman–Crippen LogP) is 4.11. The number of anilines is 1. The molecule has 1 heterocycles. The summed E-state index contributed by atoms with van der Waals surface area (Å²) in [5, 5.41) is 11.0. The zero-order chi connectivity index (χ0) is 14.0. The van der Waals surface area contributed by atoms with Gasteiger partial charge in [0.05, 0.1) is 4.92 Å². The van der Waals surface area contributed by atoms with E-state index in [2.05, 4.69) is 15.9 Å². The van der Waals surface area contributed by atoms with Gasteiger partial charge in [-0.25, -0.2) is 0 Å². The third kappa shape index (κ3) is 3.09. The van der Waals surface area contributed by atoms with Gasteiger partial charge in [-0.1, -0.05) is 15.9 Å². The van der Waals surface area contributed by atoms with E-state index in [-0.39, 0.29) is 24.1 Å². The summed E-state index contributed by atoms with van der Waals surface area (Å²) in [7, 11) is 0. The largest absolute Gasteiger partial charge is 0.365 e. The van der Waals surface area contributed by atoms with Crippen molar-refractivity contribution in [2.45, 2.75) is 12.8 Å². The minimum atomic E-state index is -1.62. The molecule has 4 nitrogen and oxygen atoms in total. The van der Waals surface area contributed by atoms with Crippen LogP contribution in [0.25, 0.3) is 0 Å². The molecule has 0 radical (unpaired) electrons. The Kier molecular flexibility index (Phi) is 4.14. The average Bonchev–Trinajstić information content (AvgIpc) is 2.38. The number of rotatable bonds is 2. The molecule has 1 fully saturated rings. The van der Waals surface area contributed by atoms with Gasteiger partial charge in [-0.2, -0.15) is 8.78 Å². The Balaban J connectivity index is 2.26. The molecule has 0 spiro atoms. The van der Waals surface area contributed by atoms with Gasteiger partial charge in [-0.15, -0.1) is 0 Å². The number of hydrogen-bond donors (Lipinski definition) is 0. The first kappa shape index (κ1) is 13.9. The Hall–Kier alpha value is -1.50. The summed E-state index contributed by atoms with van der Waals surface area (Å²) in [6.45, 7) is 0.730. The highest BCUT2D eigenvalue weighted by Crippen LogP contribution is 2.34. The second-order valence-corrected chi connectivity index (χ2v) is 5.16. The van der Waals surface area contributed by atoms with Gasteiger partial charge >= 0.3 is 0 Å². The molecule has 19 heavy (non-hydrogen) atoms. The van der Waals surface area contributed by atoms with E-state index in [1.165, 1.54) is 6.07 Å². The predicted molar refractivity (Wildman–Crippen MR) is 71.5 cm³/mol. The molecular weight excluding hydrogens is 322 g/mol. The van der Waals surface area contributed by atoms with Gasteiger partial charge in [-0.05, 0) is 30.5 Å². The summed E-state index contributed by atoms with van der Waals surface area (Å²) in [4.78, 5) is 12.3. The van der Waals surface area contributed by atoms with Crippen molar-refractivity contribution in [1.29, 1.82) is 0 Å². The molecule has 1 saturated heterocycles. The quantitative estimate of drug-likeness (QED) is 0.604. The van der Waals surface area contributed by atoms with Crippen LogP contribution in [-0.4, -0.2) is 18.0 Å². The Bertz CT molecular complexity index is 535. The Morgan fingerprint density at radius 1 is 1.32 bits per heavy atom. The lowest BCUT2D eigenvalue weighted by atomic mass is 10.0. The van der Waals surface area contributed by atoms with Crippen molar-refractivity contribution in [2.75, 3.05) is 18.0 Å². The molecule has 0 unspecified atom stereocenters. The maximum Gasteiger partial charge on any atom is 0.292 e. The molecule has 0 amide bonds. The van der Waals surface area contributed by atoms with Crippen molar-refractivity contribution in [1.82, 2.24) is 0 Å². The highest BCUT2D eigenvalue weighted by Gasteiger charge is 2.24. The Morgan fingerprint density at radius 3 is 2.47 bits per heavy atom. The van der Waals surface area contributed by atoms with Crippen molar-refractivity contribution in [3.8, 4) is 0 Å². The van der Waals surface area contributed by atoms with Crippen LogP contribution in [0.2, 0.25) is 0 Å². The molecule has 1 aromatic carbocycles. The van der Waals surface area contributed by atoms with Crippen molar-refractivity contribution in [3.63, 3.8) is 0 Å². The van der Waals surface area contributed by atoms with E-state index in [0.717, 1.165) is 4.47 Å². The van der Waals surface area contributed by atoms with E-state index in [1.54, 1.807) is 17.0 Å². The molecular formula is C12H11BrF2N2O2. The molecule has 0 N–H and O–H groups in total. The molecule has 0 aliphatic carbocycles. The van der Waals surface area contributed by atoms with Gasteiger partial charge in [0.2, 0.25) is 0 Å². The van der Waals surface area contributed by atoms with Gasteiger partial charge in [0.1, 0.15) is 5.69 Å². The van der Waals surface area contributed by atoms with Gasteiger partial charge < -0.3 is 4.90 Å². The molecule has 1 aliphatic heterocycles. The minimum Gasteiger partial charge on any atom is -0.365 e. The highest BCUT2D eigenvalue weighted by atomic mass is 79.9. The van der Waals surface area contributed by atoms with Crippen molar-refractivity contribution in [3.05, 3.63) is 44.4 Å². The average molecular weight is 333 g/mol. The number of nitro benzene ring substituents is 1. The molecule has 0 atom stereocenters. The molecule has 2 rings (SSSR count). The highest BCUT2D eigenvalue weighted by molar-refractivity contribution is 9.10. The number of piperidine rings is 1. The lowest BCUT2D eigenvalue weighted by Gasteiger charge is -2.29. The Morgan fingerprint density at radius 2 is 1.95 bits per heavy atom. The van der Waals surface area contributed by atoms with Crippen molar-refractivity contribution >= 4 is 27.3 Å². The summed E-state index contributed by atoms with van der Waals surface area (Å²) in [6, 6.07) is 4.66. The molecule has 102 valence electrons. The summed E-state index contributed by atoms with van der Waals surface area (Å²) < 4.78 is 25.7. The summed E-state index contributed by atoms with van der Waals surface area (Å²) >= 11 is 3.27. The maximum absolute atomic E-state index is 12.5. The van der Waals surface area contributed by atoms with Gasteiger partial charge in [0.15, 0.2) is 0 Å². The smallest absolute Gasteiger partial charge is 0.292 e. The fraction of sp³-hybridized carbons (Fsp3) is 0.333. The van der Waals surface area contributed by atoms with E-state index in [9.17, 15) is 18.9 Å². The second kappa shape index (κ2) is 5.64. The van der Waals surface area contributed by atoms with Crippen LogP contribution in [0.15, 0.2) is 34.3 Å². The van der Waals surface area contributed by atoms with E-state index < -0.39 is 11.0 Å². The zero-order valence-electron chi connectivity index (χ0n) is 9.91. The van der Waals surface area contributed by atoms with Crippen LogP contribution in [0.3, 0.4) is 0 Å². The topological polar surface area (TPSA) is 46.4 Å². The van der Waals surface area contributed by atoms with Crippen LogP contribution in [0, 0.1) is 10.1 Å². The number of benzene rings is 1. The van der Waals surface area contributed by atoms with Crippen LogP contribution in [0.5, 0.6) is 0 Å². The number of nitro groups is 1. The third-order valence-electron chi connectivity index (χ3n) is 3.11. The van der Waals surface area contributed by atoms with Crippen LogP contribution in [0.1, 0.15) is 12.8 Å². The molecule has 7 heteroatoms. The molecule has 0 aromatic heterocycles. The van der Waals surface area contributed by atoms with Gasteiger partial charge in [0.25, 0.3) is 11.8 Å². The third-order valence-corrected chi connectivity index (χ3v) is 3.60. The normalized spacial score (nSPS) is 15.5. The van der Waals surface area contributed by atoms with Gasteiger partial charge in [0, 0.05) is 23.6 Å². The number of nitrogens with zero attached hydrogens (tertiary/aromatic N) is 2. The van der Waals surface area contributed by atoms with Crippen LogP contribution in [-0.2, 0) is 0 Å². The van der Waals surface area contributed by atoms with Crippen molar-refractivity contribution < 1.29 is 13.7 Å². The lowest BCUT2D eigenvalue weighted by Crippen LogP contribution is -2.31. The van der Waals surface area contributed by atoms with E-state index >= 15 is 0 Å². The standard InChI is InChI=1S/C12H11BrF2N2O2/c13-9-1-2-10(17(18)19)11(7-9)16-5-3-8(4-6-16)12(14)15/h1-2,7H,3-6H2. The summed E-state index contributed by atoms with van der Waals surface area (Å²) in [5.74, 6) is 0. The molecule has 0 saturated carbocycles. The molecule has 1 aliphatic rings. The second-order valence-electron chi connectivity index (χ2n) is 4.24. The monoisotopic (exact) mass is 332 g/mol. The first-order chi connectivity index (χ1) is 8.99. The van der Waals surface area contributed by atoms with E-state index in [0.29, 0.717) is 18.8 Å². The zero-order valence-corrected chi connectivity index (χ0v) is 11.5. The lowest BCUT2D eigenvalue weighted by molar-refractivity contribution is -0.384. The van der Waals surface area contributed by atoms with Crippen LogP contribution >= 0.6 is 15.9 Å². The van der Waals surface area contributed by atoms with E-state index in [4.69, 9.17) is 0 Å². The fourth-order valence-corrected chi connectivity index (χ4v) is 2.46. The Labute approximate surface area is 117 Å². The molecule has 1 aromatic rings. The molecule has 0 bridgehead atoms. The van der Waals surface area contributed by atoms with Crippen LogP contribution < -0.4 is 4.90 Å².